The lowest BCUT2D eigenvalue weighted by atomic mass is 10.0. The van der Waals surface area contributed by atoms with E-state index in [1.165, 1.54) is 4.68 Å². The normalized spacial score (nSPS) is 10.5. The highest BCUT2D eigenvalue weighted by molar-refractivity contribution is 6.67. The highest BCUT2D eigenvalue weighted by Gasteiger charge is 2.16. The lowest BCUT2D eigenvalue weighted by molar-refractivity contribution is 0.0996. The van der Waals surface area contributed by atoms with E-state index < -0.39 is 5.91 Å². The van der Waals surface area contributed by atoms with Gasteiger partial charge in [0.25, 0.3) is 5.91 Å². The third-order valence-corrected chi connectivity index (χ3v) is 5.13. The Morgan fingerprint density at radius 2 is 1.46 bits per heavy atom. The Kier molecular flexibility index (Phi) is 7.07. The molecule has 2 rings (SSSR count). The van der Waals surface area contributed by atoms with Gasteiger partial charge in [-0.25, -0.2) is 4.68 Å². The lowest BCUT2D eigenvalue weighted by Gasteiger charge is -2.10. The summed E-state index contributed by atoms with van der Waals surface area (Å²) in [4.78, 5) is 11.2. The monoisotopic (exact) mass is 473 g/mol. The molecule has 0 atom stereocenters. The van der Waals surface area contributed by atoms with E-state index in [0.29, 0.717) is 16.7 Å². The molecular weight excluding hydrogens is 467 g/mol. The van der Waals surface area contributed by atoms with E-state index in [0.717, 1.165) is 0 Å². The van der Waals surface area contributed by atoms with Gasteiger partial charge in [-0.2, -0.15) is 0 Å². The molecule has 0 saturated heterocycles. The predicted molar refractivity (Wildman–Crippen MR) is 107 cm³/mol. The van der Waals surface area contributed by atoms with Gasteiger partial charge in [0.2, 0.25) is 0 Å². The van der Waals surface area contributed by atoms with Crippen LogP contribution >= 0.6 is 69.6 Å². The smallest absolute Gasteiger partial charge is 0.273 e. The number of aromatic nitrogens is 3. The molecular formula is C14H9Cl6N5O. The summed E-state index contributed by atoms with van der Waals surface area (Å²) in [5.74, 6) is -0.776. The standard InChI is InChI=1S/C14H9Cl6N5O/c15-8(11(17)18)6-1-5(2-7(3-6)9(16)12(19)20)4-25-13(21)10(14(22)26)23-24-25/h1-3H,4,21H2,(H2,22,26). The number of anilines is 1. The number of nitrogens with zero attached hydrogens (tertiary/aromatic N) is 3. The summed E-state index contributed by atoms with van der Waals surface area (Å²) in [7, 11) is 0. The van der Waals surface area contributed by atoms with Crippen LogP contribution in [0, 0.1) is 0 Å². The molecule has 138 valence electrons. The molecule has 12 heteroatoms. The maximum Gasteiger partial charge on any atom is 0.273 e. The molecule has 0 bridgehead atoms. The molecule has 1 amide bonds. The van der Waals surface area contributed by atoms with Crippen LogP contribution in [0.1, 0.15) is 27.2 Å². The third-order valence-electron chi connectivity index (χ3n) is 3.17. The number of nitrogens with two attached hydrogens (primary N) is 2. The van der Waals surface area contributed by atoms with Crippen LogP contribution < -0.4 is 11.5 Å². The van der Waals surface area contributed by atoms with Gasteiger partial charge >= 0.3 is 0 Å². The zero-order chi connectivity index (χ0) is 19.6. The molecule has 0 aliphatic heterocycles. The largest absolute Gasteiger partial charge is 0.382 e. The highest BCUT2D eigenvalue weighted by Crippen LogP contribution is 2.34. The molecule has 1 aromatic carbocycles. The first-order valence-corrected chi connectivity index (χ1v) is 8.93. The molecule has 4 N–H and O–H groups in total. The maximum absolute atomic E-state index is 11.2. The van der Waals surface area contributed by atoms with E-state index in [1.807, 2.05) is 0 Å². The Labute approximate surface area is 178 Å². The molecule has 6 nitrogen and oxygen atoms in total. The number of carbonyl (C=O) groups excluding carboxylic acids is 1. The Balaban J connectivity index is 2.56. The fourth-order valence-electron chi connectivity index (χ4n) is 2.04. The Morgan fingerprint density at radius 1 is 0.962 bits per heavy atom. The van der Waals surface area contributed by atoms with Crippen molar-refractivity contribution in [1.82, 2.24) is 15.0 Å². The summed E-state index contributed by atoms with van der Waals surface area (Å²) in [6, 6.07) is 4.95. The van der Waals surface area contributed by atoms with Gasteiger partial charge in [-0.1, -0.05) is 74.8 Å². The van der Waals surface area contributed by atoms with Crippen molar-refractivity contribution in [3.63, 3.8) is 0 Å². The van der Waals surface area contributed by atoms with Crippen LogP contribution in [0.25, 0.3) is 10.1 Å². The van der Waals surface area contributed by atoms with E-state index in [2.05, 4.69) is 10.3 Å². The molecule has 0 saturated carbocycles. The van der Waals surface area contributed by atoms with Crippen molar-refractivity contribution >= 4 is 91.4 Å². The molecule has 1 heterocycles. The van der Waals surface area contributed by atoms with Gasteiger partial charge in [0, 0.05) is 0 Å². The Hall–Kier alpha value is -1.15. The summed E-state index contributed by atoms with van der Waals surface area (Å²) >= 11 is 35.2. The number of hydrogen-bond donors (Lipinski definition) is 2. The summed E-state index contributed by atoms with van der Waals surface area (Å²) < 4.78 is 1.01. The lowest BCUT2D eigenvalue weighted by Crippen LogP contribution is -2.15. The summed E-state index contributed by atoms with van der Waals surface area (Å²) in [5, 5.41) is 7.63. The minimum atomic E-state index is -0.789. The molecule has 0 unspecified atom stereocenters. The van der Waals surface area contributed by atoms with Crippen molar-refractivity contribution in [3.05, 3.63) is 49.6 Å². The number of nitrogen functional groups attached to an aromatic ring is 1. The van der Waals surface area contributed by atoms with Crippen molar-refractivity contribution in [1.29, 1.82) is 0 Å². The number of benzene rings is 1. The molecule has 0 radical (unpaired) electrons. The minimum absolute atomic E-state index is 0.0125. The predicted octanol–water partition coefficient (Wildman–Crippen LogP) is 4.69. The van der Waals surface area contributed by atoms with Crippen LogP contribution in [0.2, 0.25) is 0 Å². The summed E-state index contributed by atoms with van der Waals surface area (Å²) in [6.45, 7) is 0.126. The van der Waals surface area contributed by atoms with E-state index >= 15 is 0 Å². The van der Waals surface area contributed by atoms with Crippen molar-refractivity contribution in [2.75, 3.05) is 5.73 Å². The number of hydrogen-bond acceptors (Lipinski definition) is 4. The van der Waals surface area contributed by atoms with Crippen molar-refractivity contribution in [3.8, 4) is 0 Å². The van der Waals surface area contributed by atoms with E-state index in [9.17, 15) is 4.79 Å². The van der Waals surface area contributed by atoms with Crippen LogP contribution in [-0.4, -0.2) is 20.9 Å². The van der Waals surface area contributed by atoms with E-state index in [1.54, 1.807) is 18.2 Å². The average Bonchev–Trinajstić information content (AvgIpc) is 2.93. The highest BCUT2D eigenvalue weighted by atomic mass is 35.5. The second-order valence-corrected chi connectivity index (χ2v) is 7.57. The van der Waals surface area contributed by atoms with Gasteiger partial charge in [0.1, 0.15) is 8.98 Å². The summed E-state index contributed by atoms with van der Waals surface area (Å²) in [6.07, 6.45) is 0. The number of carbonyl (C=O) groups is 1. The molecule has 2 aromatic rings. The number of halogens is 6. The number of primary amides is 1. The van der Waals surface area contributed by atoms with E-state index in [4.69, 9.17) is 81.1 Å². The number of amides is 1. The molecule has 0 spiro atoms. The molecule has 0 aliphatic carbocycles. The first kappa shape index (κ1) is 21.2. The van der Waals surface area contributed by atoms with Crippen LogP contribution in [0.15, 0.2) is 27.2 Å². The van der Waals surface area contributed by atoms with Crippen LogP contribution in [0.3, 0.4) is 0 Å². The minimum Gasteiger partial charge on any atom is -0.382 e. The second-order valence-electron chi connectivity index (χ2n) is 4.91. The molecule has 26 heavy (non-hydrogen) atoms. The average molecular weight is 476 g/mol. The topological polar surface area (TPSA) is 99.8 Å². The van der Waals surface area contributed by atoms with E-state index in [-0.39, 0.29) is 37.1 Å². The van der Waals surface area contributed by atoms with Crippen LogP contribution in [0.5, 0.6) is 0 Å². The molecule has 0 aliphatic rings. The van der Waals surface area contributed by atoms with Crippen molar-refractivity contribution < 1.29 is 4.79 Å². The maximum atomic E-state index is 11.2. The first-order valence-electron chi connectivity index (χ1n) is 6.66. The van der Waals surface area contributed by atoms with Gasteiger partial charge in [0.05, 0.1) is 16.6 Å². The van der Waals surface area contributed by atoms with Gasteiger partial charge in [-0.15, -0.1) is 5.10 Å². The van der Waals surface area contributed by atoms with Gasteiger partial charge in [-0.3, -0.25) is 4.79 Å². The summed E-state index contributed by atoms with van der Waals surface area (Å²) in [5.41, 5.74) is 12.4. The van der Waals surface area contributed by atoms with Gasteiger partial charge < -0.3 is 11.5 Å². The van der Waals surface area contributed by atoms with Crippen LogP contribution in [-0.2, 0) is 6.54 Å². The van der Waals surface area contributed by atoms with Gasteiger partial charge in [-0.05, 0) is 34.9 Å². The second kappa shape index (κ2) is 8.69. The zero-order valence-electron chi connectivity index (χ0n) is 12.6. The molecule has 0 fully saturated rings. The zero-order valence-corrected chi connectivity index (χ0v) is 17.1. The Morgan fingerprint density at radius 3 is 1.85 bits per heavy atom. The number of rotatable bonds is 5. The quantitative estimate of drug-likeness (QED) is 0.655. The van der Waals surface area contributed by atoms with Crippen molar-refractivity contribution in [2.45, 2.75) is 6.54 Å². The van der Waals surface area contributed by atoms with Crippen molar-refractivity contribution in [2.24, 2.45) is 5.73 Å². The van der Waals surface area contributed by atoms with Crippen LogP contribution in [0.4, 0.5) is 5.82 Å². The fourth-order valence-corrected chi connectivity index (χ4v) is 2.70. The Bertz CT molecular complexity index is 886. The molecule has 1 aromatic heterocycles. The fraction of sp³-hybridized carbons (Fsp3) is 0.0714. The SMILES string of the molecule is NC(=O)c1nnn(Cc2cc(C(Cl)=C(Cl)Cl)cc(C(Cl)=C(Cl)Cl)c2)c1N. The van der Waals surface area contributed by atoms with Gasteiger partial charge in [0.15, 0.2) is 11.5 Å². The third kappa shape index (κ3) is 4.76. The first-order chi connectivity index (χ1) is 12.1.